The van der Waals surface area contributed by atoms with Gasteiger partial charge in [0.25, 0.3) is 6.08 Å². The molecule has 1 fully saturated rings. The molecule has 0 unspecified atom stereocenters. The summed E-state index contributed by atoms with van der Waals surface area (Å²) in [6.07, 6.45) is -2.05. The van der Waals surface area contributed by atoms with Gasteiger partial charge in [0, 0.05) is 50.4 Å². The van der Waals surface area contributed by atoms with Gasteiger partial charge in [-0.05, 0) is 41.8 Å². The third-order valence-electron chi connectivity index (χ3n) is 5.83. The number of anilines is 1. The monoisotopic (exact) mass is 440 g/mol. The lowest BCUT2D eigenvalue weighted by atomic mass is 9.98. The average molecular weight is 440 g/mol. The van der Waals surface area contributed by atoms with Crippen LogP contribution in [0.2, 0.25) is 0 Å². The predicted octanol–water partition coefficient (Wildman–Crippen LogP) is 2.60. The third kappa shape index (κ3) is 4.35. The van der Waals surface area contributed by atoms with Gasteiger partial charge >= 0.3 is 5.69 Å². The molecule has 0 saturated carbocycles. The molecule has 7 nitrogen and oxygen atoms in total. The summed E-state index contributed by atoms with van der Waals surface area (Å²) in [6.45, 7) is 5.49. The van der Waals surface area contributed by atoms with Crippen molar-refractivity contribution in [3.05, 3.63) is 76.0 Å². The Morgan fingerprint density at radius 2 is 1.84 bits per heavy atom. The second-order valence-corrected chi connectivity index (χ2v) is 7.76. The van der Waals surface area contributed by atoms with Gasteiger partial charge in [-0.2, -0.15) is 13.9 Å². The number of aromatic nitrogens is 3. The molecular formula is C23H26F2N6O. The second kappa shape index (κ2) is 9.46. The van der Waals surface area contributed by atoms with E-state index in [1.54, 1.807) is 6.07 Å². The van der Waals surface area contributed by atoms with Crippen LogP contribution in [0, 0.1) is 6.92 Å². The Balaban J connectivity index is 1.69. The van der Waals surface area contributed by atoms with Crippen molar-refractivity contribution in [1.82, 2.24) is 20.1 Å². The van der Waals surface area contributed by atoms with Crippen LogP contribution in [0.1, 0.15) is 11.4 Å². The molecule has 9 heteroatoms. The molecule has 0 spiro atoms. The zero-order valence-corrected chi connectivity index (χ0v) is 17.9. The molecule has 0 amide bonds. The van der Waals surface area contributed by atoms with Crippen molar-refractivity contribution < 1.29 is 8.78 Å². The molecule has 168 valence electrons. The van der Waals surface area contributed by atoms with Gasteiger partial charge in [0.05, 0.1) is 5.69 Å². The lowest BCUT2D eigenvalue weighted by molar-refractivity contribution is 0.407. The zero-order valence-electron chi connectivity index (χ0n) is 17.9. The van der Waals surface area contributed by atoms with Crippen molar-refractivity contribution >= 4 is 5.69 Å². The topological polar surface area (TPSA) is 92.0 Å². The highest BCUT2D eigenvalue weighted by Crippen LogP contribution is 2.29. The van der Waals surface area contributed by atoms with Gasteiger partial charge in [-0.25, -0.2) is 14.5 Å². The fourth-order valence-corrected chi connectivity index (χ4v) is 4.06. The standard InChI is InChI=1S/C23H26F2N6O/c1-15-19(16-5-7-18(8-6-16)30-11-9-27-10-12-30)3-2-4-20(15)31-21(28-29-23(31)32)13-17(14-26)22(24)25/h2-8,27H,9-14,26H2,1H3,(H,29,32). The molecule has 32 heavy (non-hydrogen) atoms. The molecule has 0 radical (unpaired) electrons. The van der Waals surface area contributed by atoms with Crippen molar-refractivity contribution in [1.29, 1.82) is 0 Å². The Labute approximate surface area is 184 Å². The van der Waals surface area contributed by atoms with Crippen molar-refractivity contribution in [2.75, 3.05) is 37.6 Å². The minimum Gasteiger partial charge on any atom is -0.369 e. The van der Waals surface area contributed by atoms with Crippen LogP contribution in [-0.2, 0) is 6.42 Å². The first-order valence-corrected chi connectivity index (χ1v) is 10.5. The molecule has 1 aliphatic rings. The number of nitrogens with two attached hydrogens (primary N) is 1. The highest BCUT2D eigenvalue weighted by atomic mass is 19.3. The van der Waals surface area contributed by atoms with Crippen LogP contribution >= 0.6 is 0 Å². The van der Waals surface area contributed by atoms with Crippen molar-refractivity contribution in [3.8, 4) is 16.8 Å². The Hall–Kier alpha value is -3.30. The van der Waals surface area contributed by atoms with Gasteiger partial charge in [-0.15, -0.1) is 0 Å². The molecule has 2 heterocycles. The van der Waals surface area contributed by atoms with E-state index in [9.17, 15) is 13.6 Å². The molecule has 2 aromatic carbocycles. The number of hydrogen-bond acceptors (Lipinski definition) is 5. The third-order valence-corrected chi connectivity index (χ3v) is 5.83. The Bertz CT molecular complexity index is 1170. The fourth-order valence-electron chi connectivity index (χ4n) is 4.06. The average Bonchev–Trinajstić information content (AvgIpc) is 3.18. The Morgan fingerprint density at radius 1 is 1.12 bits per heavy atom. The molecule has 0 bridgehead atoms. The molecule has 0 aliphatic carbocycles. The van der Waals surface area contributed by atoms with E-state index in [0.717, 1.165) is 42.9 Å². The molecule has 1 aliphatic heterocycles. The zero-order chi connectivity index (χ0) is 22.7. The first-order valence-electron chi connectivity index (χ1n) is 10.5. The van der Waals surface area contributed by atoms with Crippen molar-refractivity contribution in [2.24, 2.45) is 5.73 Å². The summed E-state index contributed by atoms with van der Waals surface area (Å²) in [5, 5.41) is 9.68. The van der Waals surface area contributed by atoms with E-state index in [0.29, 0.717) is 5.69 Å². The number of aromatic amines is 1. The van der Waals surface area contributed by atoms with E-state index < -0.39 is 11.8 Å². The first-order chi connectivity index (χ1) is 15.5. The summed E-state index contributed by atoms with van der Waals surface area (Å²) < 4.78 is 27.6. The summed E-state index contributed by atoms with van der Waals surface area (Å²) >= 11 is 0. The number of rotatable bonds is 6. The lowest BCUT2D eigenvalue weighted by Crippen LogP contribution is -2.43. The van der Waals surface area contributed by atoms with Crippen molar-refractivity contribution in [2.45, 2.75) is 13.3 Å². The van der Waals surface area contributed by atoms with Gasteiger partial charge in [-0.1, -0.05) is 24.3 Å². The van der Waals surface area contributed by atoms with Crippen LogP contribution in [0.4, 0.5) is 14.5 Å². The van der Waals surface area contributed by atoms with E-state index in [1.165, 1.54) is 10.3 Å². The van der Waals surface area contributed by atoms with Gasteiger partial charge in [0.15, 0.2) is 0 Å². The summed E-state index contributed by atoms with van der Waals surface area (Å²) in [6, 6.07) is 13.9. The largest absolute Gasteiger partial charge is 0.369 e. The van der Waals surface area contributed by atoms with Crippen LogP contribution in [0.3, 0.4) is 0 Å². The molecule has 1 aromatic heterocycles. The minimum atomic E-state index is -1.84. The normalized spacial score (nSPS) is 13.9. The van der Waals surface area contributed by atoms with E-state index in [1.807, 2.05) is 19.1 Å². The number of hydrogen-bond donors (Lipinski definition) is 3. The second-order valence-electron chi connectivity index (χ2n) is 7.76. The Kier molecular flexibility index (Phi) is 6.48. The summed E-state index contributed by atoms with van der Waals surface area (Å²) in [5.74, 6) is 0.192. The maximum atomic E-state index is 13.1. The van der Waals surface area contributed by atoms with Crippen LogP contribution in [-0.4, -0.2) is 47.5 Å². The summed E-state index contributed by atoms with van der Waals surface area (Å²) in [4.78, 5) is 14.8. The van der Waals surface area contributed by atoms with E-state index in [-0.39, 0.29) is 24.4 Å². The first kappa shape index (κ1) is 21.9. The number of halogens is 2. The van der Waals surface area contributed by atoms with Crippen LogP contribution in [0.25, 0.3) is 16.8 Å². The molecule has 0 atom stereocenters. The van der Waals surface area contributed by atoms with E-state index in [2.05, 4.69) is 44.7 Å². The maximum Gasteiger partial charge on any atom is 0.347 e. The minimum absolute atomic E-state index is 0.192. The quantitative estimate of drug-likeness (QED) is 0.548. The molecule has 4 rings (SSSR count). The highest BCUT2D eigenvalue weighted by Gasteiger charge is 2.18. The smallest absolute Gasteiger partial charge is 0.347 e. The SMILES string of the molecule is Cc1c(-c2ccc(N3CCNCC3)cc2)cccc1-n1c(CC(CN)=C(F)F)n[nH]c1=O. The van der Waals surface area contributed by atoms with E-state index in [4.69, 9.17) is 5.73 Å². The number of benzene rings is 2. The van der Waals surface area contributed by atoms with Crippen LogP contribution in [0.15, 0.2) is 58.9 Å². The van der Waals surface area contributed by atoms with E-state index >= 15 is 0 Å². The lowest BCUT2D eigenvalue weighted by Gasteiger charge is -2.29. The van der Waals surface area contributed by atoms with Gasteiger partial charge in [0.2, 0.25) is 0 Å². The summed E-state index contributed by atoms with van der Waals surface area (Å²) in [7, 11) is 0. The molecule has 4 N–H and O–H groups in total. The molecule has 3 aromatic rings. The number of H-pyrrole nitrogens is 1. The maximum absolute atomic E-state index is 13.1. The predicted molar refractivity (Wildman–Crippen MR) is 121 cm³/mol. The molecular weight excluding hydrogens is 414 g/mol. The fraction of sp³-hybridized carbons (Fsp3) is 0.304. The molecule has 1 saturated heterocycles. The Morgan fingerprint density at radius 3 is 2.50 bits per heavy atom. The van der Waals surface area contributed by atoms with Crippen LogP contribution < -0.4 is 21.6 Å². The number of nitrogens with one attached hydrogen (secondary N) is 2. The van der Waals surface area contributed by atoms with Gasteiger partial charge in [-0.3, -0.25) is 0 Å². The number of nitrogens with zero attached hydrogens (tertiary/aromatic N) is 3. The van der Waals surface area contributed by atoms with Gasteiger partial charge in [0.1, 0.15) is 5.82 Å². The highest BCUT2D eigenvalue weighted by molar-refractivity contribution is 5.72. The number of piperazine rings is 1. The van der Waals surface area contributed by atoms with Crippen molar-refractivity contribution in [3.63, 3.8) is 0 Å². The van der Waals surface area contributed by atoms with Gasteiger partial charge < -0.3 is 16.0 Å². The summed E-state index contributed by atoms with van der Waals surface area (Å²) in [5.41, 5.74) is 9.31. The van der Waals surface area contributed by atoms with Crippen LogP contribution in [0.5, 0.6) is 0 Å².